The highest BCUT2D eigenvalue weighted by Gasteiger charge is 2.41. The van der Waals surface area contributed by atoms with E-state index in [1.807, 2.05) is 0 Å². The Morgan fingerprint density at radius 2 is 2.17 bits per heavy atom. The fraction of sp³-hybridized carbons (Fsp3) is 0.600. The first-order valence-electron chi connectivity index (χ1n) is 3.02. The molecule has 0 aliphatic rings. The Bertz CT molecular complexity index is 269. The molecule has 12 heavy (non-hydrogen) atoms. The van der Waals surface area contributed by atoms with Crippen molar-refractivity contribution in [3.8, 4) is 0 Å². The molecule has 0 amide bonds. The Kier molecular flexibility index (Phi) is 2.05. The molecule has 1 N–H and O–H groups in total. The topological polar surface area (TPSA) is 50.9 Å². The van der Waals surface area contributed by atoms with Crippen molar-refractivity contribution in [3.63, 3.8) is 0 Å². The van der Waals surface area contributed by atoms with E-state index < -0.39 is 12.3 Å². The van der Waals surface area contributed by atoms with Gasteiger partial charge >= 0.3 is 6.18 Å². The quantitative estimate of drug-likeness (QED) is 0.682. The largest absolute Gasteiger partial charge is 0.420 e. The second kappa shape index (κ2) is 2.74. The summed E-state index contributed by atoms with van der Waals surface area (Å²) in [4.78, 5) is 0. The standard InChI is InChI=1S/C5H6F3N3O/c1-11-3(2-9-10-11)4(12)5(6,7)8/h2,4,12H,1H3/t4-/m0/s1. The van der Waals surface area contributed by atoms with Crippen molar-refractivity contribution >= 4 is 0 Å². The summed E-state index contributed by atoms with van der Waals surface area (Å²) in [6.45, 7) is 0. The number of rotatable bonds is 1. The summed E-state index contributed by atoms with van der Waals surface area (Å²) >= 11 is 0. The van der Waals surface area contributed by atoms with Gasteiger partial charge in [-0.05, 0) is 0 Å². The number of hydrogen-bond donors (Lipinski definition) is 1. The molecule has 68 valence electrons. The Hall–Kier alpha value is -1.11. The smallest absolute Gasteiger partial charge is 0.378 e. The molecule has 1 aromatic heterocycles. The molecule has 4 nitrogen and oxygen atoms in total. The third kappa shape index (κ3) is 1.55. The molecule has 0 unspecified atom stereocenters. The molecule has 0 saturated heterocycles. The van der Waals surface area contributed by atoms with Gasteiger partial charge in [-0.2, -0.15) is 13.2 Å². The number of aromatic nitrogens is 3. The molecule has 0 saturated carbocycles. The first kappa shape index (κ1) is 8.98. The summed E-state index contributed by atoms with van der Waals surface area (Å²) < 4.78 is 36.5. The van der Waals surface area contributed by atoms with Gasteiger partial charge in [0.05, 0.1) is 11.9 Å². The van der Waals surface area contributed by atoms with E-state index in [1.165, 1.54) is 7.05 Å². The van der Waals surface area contributed by atoms with Crippen LogP contribution in [0.4, 0.5) is 13.2 Å². The predicted molar refractivity (Wildman–Crippen MR) is 32.0 cm³/mol. The highest BCUT2D eigenvalue weighted by molar-refractivity contribution is 5.00. The lowest BCUT2D eigenvalue weighted by Crippen LogP contribution is -2.22. The number of nitrogens with zero attached hydrogens (tertiary/aromatic N) is 3. The van der Waals surface area contributed by atoms with Crippen LogP contribution in [0.3, 0.4) is 0 Å². The summed E-state index contributed by atoms with van der Waals surface area (Å²) in [5.41, 5.74) is -0.373. The SMILES string of the molecule is Cn1nncc1[C@H](O)C(F)(F)F. The lowest BCUT2D eigenvalue weighted by Gasteiger charge is -2.13. The van der Waals surface area contributed by atoms with Gasteiger partial charge in [0.15, 0.2) is 6.10 Å². The van der Waals surface area contributed by atoms with Crippen LogP contribution in [-0.4, -0.2) is 26.3 Å². The molecule has 0 aliphatic carbocycles. The summed E-state index contributed by atoms with van der Waals surface area (Å²) in [6.07, 6.45) is -6.31. The third-order valence-corrected chi connectivity index (χ3v) is 1.34. The number of aliphatic hydroxyl groups excluding tert-OH is 1. The summed E-state index contributed by atoms with van der Waals surface area (Å²) in [6, 6.07) is 0. The van der Waals surface area contributed by atoms with E-state index in [0.717, 1.165) is 10.9 Å². The van der Waals surface area contributed by atoms with Gasteiger partial charge in [-0.3, -0.25) is 0 Å². The first-order chi connectivity index (χ1) is 5.43. The molecular weight excluding hydrogens is 175 g/mol. The van der Waals surface area contributed by atoms with Gasteiger partial charge in [-0.15, -0.1) is 5.10 Å². The minimum atomic E-state index is -4.67. The zero-order chi connectivity index (χ0) is 9.35. The van der Waals surface area contributed by atoms with E-state index in [2.05, 4.69) is 10.3 Å². The molecule has 0 aliphatic heterocycles. The Balaban J connectivity index is 2.92. The van der Waals surface area contributed by atoms with Crippen LogP contribution in [0.2, 0.25) is 0 Å². The maximum absolute atomic E-state index is 11.9. The highest BCUT2D eigenvalue weighted by Crippen LogP contribution is 2.31. The lowest BCUT2D eigenvalue weighted by molar-refractivity contribution is -0.208. The normalized spacial score (nSPS) is 14.8. The van der Waals surface area contributed by atoms with Crippen molar-refractivity contribution in [3.05, 3.63) is 11.9 Å². The maximum Gasteiger partial charge on any atom is 0.420 e. The van der Waals surface area contributed by atoms with Gasteiger partial charge < -0.3 is 5.11 Å². The molecular formula is C5H6F3N3O. The molecule has 1 atom stereocenters. The summed E-state index contributed by atoms with van der Waals surface area (Å²) in [5.74, 6) is 0. The van der Waals surface area contributed by atoms with Crippen molar-refractivity contribution in [1.29, 1.82) is 0 Å². The van der Waals surface area contributed by atoms with Gasteiger partial charge in [0.1, 0.15) is 0 Å². The molecule has 0 fully saturated rings. The van der Waals surface area contributed by atoms with E-state index in [4.69, 9.17) is 5.11 Å². The Morgan fingerprint density at radius 3 is 2.50 bits per heavy atom. The van der Waals surface area contributed by atoms with Gasteiger partial charge in [0.2, 0.25) is 0 Å². The molecule has 0 radical (unpaired) electrons. The van der Waals surface area contributed by atoms with E-state index >= 15 is 0 Å². The van der Waals surface area contributed by atoms with Crippen LogP contribution in [0, 0.1) is 0 Å². The number of halogens is 3. The minimum absolute atomic E-state index is 0.373. The predicted octanol–water partition coefficient (Wildman–Crippen LogP) is 0.411. The number of alkyl halides is 3. The van der Waals surface area contributed by atoms with Crippen LogP contribution < -0.4 is 0 Å². The lowest BCUT2D eigenvalue weighted by atomic mass is 10.2. The Morgan fingerprint density at radius 1 is 1.58 bits per heavy atom. The number of aryl methyl sites for hydroxylation is 1. The number of hydrogen-bond acceptors (Lipinski definition) is 3. The van der Waals surface area contributed by atoms with E-state index in [-0.39, 0.29) is 5.69 Å². The van der Waals surface area contributed by atoms with Crippen LogP contribution >= 0.6 is 0 Å². The zero-order valence-corrected chi connectivity index (χ0v) is 6.08. The van der Waals surface area contributed by atoms with E-state index in [0.29, 0.717) is 0 Å². The van der Waals surface area contributed by atoms with Crippen molar-refractivity contribution in [1.82, 2.24) is 15.0 Å². The second-order valence-corrected chi connectivity index (χ2v) is 2.23. The van der Waals surface area contributed by atoms with E-state index in [1.54, 1.807) is 0 Å². The minimum Gasteiger partial charge on any atom is -0.378 e. The average Bonchev–Trinajstić information content (AvgIpc) is 2.31. The van der Waals surface area contributed by atoms with Crippen molar-refractivity contribution < 1.29 is 18.3 Å². The highest BCUT2D eigenvalue weighted by atomic mass is 19.4. The molecule has 0 aromatic carbocycles. The van der Waals surface area contributed by atoms with Crippen LogP contribution in [0.25, 0.3) is 0 Å². The monoisotopic (exact) mass is 181 g/mol. The van der Waals surface area contributed by atoms with Gasteiger partial charge in [0, 0.05) is 7.05 Å². The molecule has 1 heterocycles. The number of aliphatic hydroxyl groups is 1. The van der Waals surface area contributed by atoms with Crippen molar-refractivity contribution in [2.24, 2.45) is 7.05 Å². The van der Waals surface area contributed by atoms with Crippen molar-refractivity contribution in [2.75, 3.05) is 0 Å². The fourth-order valence-electron chi connectivity index (χ4n) is 0.713. The van der Waals surface area contributed by atoms with Crippen LogP contribution in [0.15, 0.2) is 6.20 Å². The first-order valence-corrected chi connectivity index (χ1v) is 3.02. The summed E-state index contributed by atoms with van der Waals surface area (Å²) in [5, 5.41) is 15.2. The molecule has 1 rings (SSSR count). The van der Waals surface area contributed by atoms with Gasteiger partial charge in [-0.1, -0.05) is 5.21 Å². The van der Waals surface area contributed by atoms with Crippen LogP contribution in [0.5, 0.6) is 0 Å². The molecule has 1 aromatic rings. The van der Waals surface area contributed by atoms with Crippen molar-refractivity contribution in [2.45, 2.75) is 12.3 Å². The van der Waals surface area contributed by atoms with Crippen LogP contribution in [-0.2, 0) is 7.05 Å². The third-order valence-electron chi connectivity index (χ3n) is 1.34. The van der Waals surface area contributed by atoms with Crippen LogP contribution in [0.1, 0.15) is 11.8 Å². The average molecular weight is 181 g/mol. The maximum atomic E-state index is 11.9. The second-order valence-electron chi connectivity index (χ2n) is 2.23. The molecule has 0 bridgehead atoms. The van der Waals surface area contributed by atoms with Gasteiger partial charge in [0.25, 0.3) is 0 Å². The zero-order valence-electron chi connectivity index (χ0n) is 6.08. The van der Waals surface area contributed by atoms with Gasteiger partial charge in [-0.25, -0.2) is 4.68 Å². The fourth-order valence-corrected chi connectivity index (χ4v) is 0.713. The Labute approximate surface area is 65.6 Å². The molecule has 0 spiro atoms. The van der Waals surface area contributed by atoms with E-state index in [9.17, 15) is 13.2 Å². The summed E-state index contributed by atoms with van der Waals surface area (Å²) in [7, 11) is 1.28. The molecule has 7 heteroatoms.